The first-order valence-corrected chi connectivity index (χ1v) is 8.17. The van der Waals surface area contributed by atoms with Gasteiger partial charge in [0.15, 0.2) is 11.7 Å². The highest BCUT2D eigenvalue weighted by atomic mass is 35.5. The highest BCUT2D eigenvalue weighted by molar-refractivity contribution is 6.30. The van der Waals surface area contributed by atoms with E-state index in [2.05, 4.69) is 10.3 Å². The van der Waals surface area contributed by atoms with Crippen molar-refractivity contribution in [3.05, 3.63) is 65.6 Å². The van der Waals surface area contributed by atoms with E-state index in [1.165, 1.54) is 0 Å². The van der Waals surface area contributed by atoms with Crippen molar-refractivity contribution < 1.29 is 13.9 Å². The van der Waals surface area contributed by atoms with Gasteiger partial charge in [0, 0.05) is 23.4 Å². The lowest BCUT2D eigenvalue weighted by Gasteiger charge is -2.09. The molecule has 0 aliphatic rings. The first kappa shape index (κ1) is 17.0. The first-order valence-electron chi connectivity index (χ1n) is 7.79. The van der Waals surface area contributed by atoms with Crippen LogP contribution in [0.25, 0.3) is 11.3 Å². The summed E-state index contributed by atoms with van der Waals surface area (Å²) in [6.45, 7) is 0. The third-order valence-electron chi connectivity index (χ3n) is 3.63. The van der Waals surface area contributed by atoms with E-state index in [9.17, 15) is 4.79 Å². The second-order valence-electron chi connectivity index (χ2n) is 5.37. The van der Waals surface area contributed by atoms with Crippen LogP contribution in [0.5, 0.6) is 5.75 Å². The van der Waals surface area contributed by atoms with Crippen LogP contribution in [-0.2, 0) is 11.2 Å². The Morgan fingerprint density at radius 1 is 1.20 bits per heavy atom. The van der Waals surface area contributed by atoms with Crippen molar-refractivity contribution in [3.63, 3.8) is 0 Å². The second kappa shape index (κ2) is 7.85. The zero-order valence-electron chi connectivity index (χ0n) is 13.7. The van der Waals surface area contributed by atoms with Gasteiger partial charge in [0.05, 0.1) is 19.0 Å². The number of para-hydroxylation sites is 2. The van der Waals surface area contributed by atoms with Crippen LogP contribution in [0, 0.1) is 0 Å². The van der Waals surface area contributed by atoms with E-state index in [1.54, 1.807) is 37.6 Å². The molecule has 6 heteroatoms. The zero-order valence-corrected chi connectivity index (χ0v) is 14.4. The third-order valence-corrected chi connectivity index (χ3v) is 3.88. The number of hydrogen-bond acceptors (Lipinski definition) is 4. The fourth-order valence-electron chi connectivity index (χ4n) is 2.35. The predicted molar refractivity (Wildman–Crippen MR) is 96.9 cm³/mol. The number of carbonyl (C=O) groups is 1. The molecule has 128 valence electrons. The lowest BCUT2D eigenvalue weighted by Crippen LogP contribution is -2.13. The molecule has 0 saturated carbocycles. The van der Waals surface area contributed by atoms with Gasteiger partial charge >= 0.3 is 0 Å². The molecule has 2 aromatic carbocycles. The van der Waals surface area contributed by atoms with Gasteiger partial charge < -0.3 is 14.5 Å². The van der Waals surface area contributed by atoms with Gasteiger partial charge in [-0.15, -0.1) is 0 Å². The van der Waals surface area contributed by atoms with E-state index in [4.69, 9.17) is 20.8 Å². The topological polar surface area (TPSA) is 64.4 Å². The molecule has 5 nitrogen and oxygen atoms in total. The van der Waals surface area contributed by atoms with E-state index in [0.29, 0.717) is 34.5 Å². The highest BCUT2D eigenvalue weighted by Crippen LogP contribution is 2.24. The van der Waals surface area contributed by atoms with Gasteiger partial charge in [-0.3, -0.25) is 4.79 Å². The van der Waals surface area contributed by atoms with Crippen LogP contribution in [0.1, 0.15) is 12.3 Å². The average molecular weight is 357 g/mol. The molecule has 0 unspecified atom stereocenters. The Labute approximate surface area is 150 Å². The standard InChI is InChI=1S/C19H17ClN2O3/c1-24-16-5-3-2-4-15(16)22-18(23)10-11-19-21-12-17(25-19)13-6-8-14(20)9-7-13/h2-9,12H,10-11H2,1H3,(H,22,23). The molecular weight excluding hydrogens is 340 g/mol. The summed E-state index contributed by atoms with van der Waals surface area (Å²) < 4.78 is 10.9. The third kappa shape index (κ3) is 4.39. The van der Waals surface area contributed by atoms with Crippen LogP contribution in [0.3, 0.4) is 0 Å². The van der Waals surface area contributed by atoms with Crippen molar-refractivity contribution >= 4 is 23.2 Å². The van der Waals surface area contributed by atoms with E-state index >= 15 is 0 Å². The number of carbonyl (C=O) groups excluding carboxylic acids is 1. The SMILES string of the molecule is COc1ccccc1NC(=O)CCc1ncc(-c2ccc(Cl)cc2)o1. The maximum Gasteiger partial charge on any atom is 0.224 e. The van der Waals surface area contributed by atoms with Crippen LogP contribution in [0.2, 0.25) is 5.02 Å². The Balaban J connectivity index is 1.58. The molecule has 1 heterocycles. The molecule has 25 heavy (non-hydrogen) atoms. The molecule has 1 amide bonds. The van der Waals surface area contributed by atoms with Crippen LogP contribution in [0.15, 0.2) is 59.1 Å². The molecule has 3 aromatic rings. The lowest BCUT2D eigenvalue weighted by atomic mass is 10.2. The molecular formula is C19H17ClN2O3. The number of aromatic nitrogens is 1. The number of halogens is 1. The maximum atomic E-state index is 12.1. The number of aryl methyl sites for hydroxylation is 1. The number of nitrogens with zero attached hydrogens (tertiary/aromatic N) is 1. The largest absolute Gasteiger partial charge is 0.495 e. The summed E-state index contributed by atoms with van der Waals surface area (Å²) in [5.41, 5.74) is 1.53. The van der Waals surface area contributed by atoms with Gasteiger partial charge in [-0.05, 0) is 36.4 Å². The molecule has 1 N–H and O–H groups in total. The Morgan fingerprint density at radius 3 is 2.72 bits per heavy atom. The molecule has 0 bridgehead atoms. The minimum Gasteiger partial charge on any atom is -0.495 e. The predicted octanol–water partition coefficient (Wildman–Crippen LogP) is 4.57. The van der Waals surface area contributed by atoms with Crippen molar-refractivity contribution in [1.29, 1.82) is 0 Å². The molecule has 0 aliphatic heterocycles. The minimum atomic E-state index is -0.129. The Morgan fingerprint density at radius 2 is 1.96 bits per heavy atom. The van der Waals surface area contributed by atoms with Crippen molar-refractivity contribution in [1.82, 2.24) is 4.98 Å². The molecule has 0 atom stereocenters. The molecule has 3 rings (SSSR count). The number of oxazole rings is 1. The number of ether oxygens (including phenoxy) is 1. The average Bonchev–Trinajstić information content (AvgIpc) is 3.10. The molecule has 0 fully saturated rings. The first-order chi connectivity index (χ1) is 12.2. The van der Waals surface area contributed by atoms with E-state index < -0.39 is 0 Å². The number of amides is 1. The Bertz CT molecular complexity index is 859. The monoisotopic (exact) mass is 356 g/mol. The summed E-state index contributed by atoms with van der Waals surface area (Å²) in [6, 6.07) is 14.6. The van der Waals surface area contributed by atoms with Crippen molar-refractivity contribution in [2.45, 2.75) is 12.8 Å². The van der Waals surface area contributed by atoms with Gasteiger partial charge in [0.25, 0.3) is 0 Å². The second-order valence-corrected chi connectivity index (χ2v) is 5.81. The van der Waals surface area contributed by atoms with Gasteiger partial charge in [-0.25, -0.2) is 4.98 Å². The fourth-order valence-corrected chi connectivity index (χ4v) is 2.48. The Hall–Kier alpha value is -2.79. The zero-order chi connectivity index (χ0) is 17.6. The quantitative estimate of drug-likeness (QED) is 0.702. The van der Waals surface area contributed by atoms with Crippen LogP contribution in [0.4, 0.5) is 5.69 Å². The normalized spacial score (nSPS) is 10.5. The summed E-state index contributed by atoms with van der Waals surface area (Å²) in [7, 11) is 1.57. The van der Waals surface area contributed by atoms with E-state index in [0.717, 1.165) is 5.56 Å². The van der Waals surface area contributed by atoms with Crippen molar-refractivity contribution in [2.75, 3.05) is 12.4 Å². The molecule has 0 radical (unpaired) electrons. The number of anilines is 1. The molecule has 0 spiro atoms. The van der Waals surface area contributed by atoms with Gasteiger partial charge in [0.1, 0.15) is 5.75 Å². The van der Waals surface area contributed by atoms with Crippen LogP contribution >= 0.6 is 11.6 Å². The fraction of sp³-hybridized carbons (Fsp3) is 0.158. The Kier molecular flexibility index (Phi) is 5.36. The molecule has 0 aliphatic carbocycles. The van der Waals surface area contributed by atoms with Crippen molar-refractivity contribution in [2.24, 2.45) is 0 Å². The molecule has 0 saturated heterocycles. The van der Waals surface area contributed by atoms with Gasteiger partial charge in [-0.1, -0.05) is 23.7 Å². The summed E-state index contributed by atoms with van der Waals surface area (Å²) in [6.07, 6.45) is 2.32. The maximum absolute atomic E-state index is 12.1. The van der Waals surface area contributed by atoms with Crippen LogP contribution in [-0.4, -0.2) is 18.0 Å². The van der Waals surface area contributed by atoms with E-state index in [-0.39, 0.29) is 12.3 Å². The van der Waals surface area contributed by atoms with E-state index in [1.807, 2.05) is 24.3 Å². The molecule has 1 aromatic heterocycles. The summed E-state index contributed by atoms with van der Waals surface area (Å²) in [4.78, 5) is 16.3. The number of hydrogen-bond donors (Lipinski definition) is 1. The number of nitrogens with one attached hydrogen (secondary N) is 1. The minimum absolute atomic E-state index is 0.129. The summed E-state index contributed by atoms with van der Waals surface area (Å²) in [5, 5.41) is 3.49. The number of rotatable bonds is 6. The lowest BCUT2D eigenvalue weighted by molar-refractivity contribution is -0.116. The summed E-state index contributed by atoms with van der Waals surface area (Å²) >= 11 is 5.88. The van der Waals surface area contributed by atoms with Gasteiger partial charge in [-0.2, -0.15) is 0 Å². The highest BCUT2D eigenvalue weighted by Gasteiger charge is 2.11. The summed E-state index contributed by atoms with van der Waals surface area (Å²) in [5.74, 6) is 1.66. The number of methoxy groups -OCH3 is 1. The smallest absolute Gasteiger partial charge is 0.224 e. The van der Waals surface area contributed by atoms with Gasteiger partial charge in [0.2, 0.25) is 5.91 Å². The number of benzene rings is 2. The van der Waals surface area contributed by atoms with Crippen molar-refractivity contribution in [3.8, 4) is 17.1 Å². The van der Waals surface area contributed by atoms with Crippen LogP contribution < -0.4 is 10.1 Å².